The van der Waals surface area contributed by atoms with Crippen molar-refractivity contribution in [2.75, 3.05) is 12.4 Å². The van der Waals surface area contributed by atoms with Crippen LogP contribution in [0.2, 0.25) is 0 Å². The van der Waals surface area contributed by atoms with Crippen molar-refractivity contribution in [3.8, 4) is 5.75 Å². The van der Waals surface area contributed by atoms with Crippen molar-refractivity contribution >= 4 is 11.8 Å². The zero-order chi connectivity index (χ0) is 12.9. The summed E-state index contributed by atoms with van der Waals surface area (Å²) in [6.45, 7) is 1.98. The lowest BCUT2D eigenvalue weighted by atomic mass is 10.3. The summed E-state index contributed by atoms with van der Waals surface area (Å²) in [5.41, 5.74) is 2.60. The van der Waals surface area contributed by atoms with Crippen LogP contribution in [-0.4, -0.2) is 22.9 Å². The Hall–Kier alpha value is -0.950. The van der Waals surface area contributed by atoms with E-state index in [2.05, 4.69) is 4.98 Å². The van der Waals surface area contributed by atoms with Crippen molar-refractivity contribution in [3.63, 3.8) is 0 Å². The van der Waals surface area contributed by atoms with Gasteiger partial charge >= 0.3 is 5.51 Å². The molecule has 0 amide bonds. The molecule has 0 bridgehead atoms. The minimum Gasteiger partial charge on any atom is -0.491 e. The van der Waals surface area contributed by atoms with E-state index in [4.69, 9.17) is 10.5 Å². The zero-order valence-corrected chi connectivity index (χ0v) is 10.1. The van der Waals surface area contributed by atoms with Crippen LogP contribution in [0, 0.1) is 6.92 Å². The van der Waals surface area contributed by atoms with Crippen LogP contribution >= 0.6 is 11.8 Å². The number of nitrogens with two attached hydrogens (primary N) is 1. The van der Waals surface area contributed by atoms with E-state index < -0.39 is 5.51 Å². The molecule has 0 aromatic carbocycles. The molecule has 1 rings (SSSR count). The fourth-order valence-corrected chi connectivity index (χ4v) is 1.58. The Bertz CT molecular complexity index is 371. The molecule has 0 saturated carbocycles. The fraction of sp³-hybridized carbons (Fsp3) is 0.500. The van der Waals surface area contributed by atoms with Gasteiger partial charge in [0.05, 0.1) is 12.3 Å². The van der Waals surface area contributed by atoms with Crippen LogP contribution < -0.4 is 10.5 Å². The van der Waals surface area contributed by atoms with E-state index in [0.717, 1.165) is 5.69 Å². The van der Waals surface area contributed by atoms with Gasteiger partial charge in [-0.1, -0.05) is 0 Å². The molecule has 0 aliphatic carbocycles. The summed E-state index contributed by atoms with van der Waals surface area (Å²) in [5.74, 6) is 0.294. The maximum Gasteiger partial charge on any atom is 0.441 e. The van der Waals surface area contributed by atoms with Crippen LogP contribution in [0.4, 0.5) is 13.2 Å². The van der Waals surface area contributed by atoms with Gasteiger partial charge < -0.3 is 10.5 Å². The van der Waals surface area contributed by atoms with Crippen LogP contribution in [0.5, 0.6) is 5.75 Å². The summed E-state index contributed by atoms with van der Waals surface area (Å²) < 4.78 is 40.8. The average Bonchev–Trinajstić information content (AvgIpc) is 2.24. The van der Waals surface area contributed by atoms with Gasteiger partial charge in [-0.2, -0.15) is 13.2 Å². The van der Waals surface area contributed by atoms with Gasteiger partial charge in [0.25, 0.3) is 0 Å². The molecule has 0 atom stereocenters. The number of aryl methyl sites for hydroxylation is 1. The molecule has 3 nitrogen and oxygen atoms in total. The molecule has 0 radical (unpaired) electrons. The summed E-state index contributed by atoms with van der Waals surface area (Å²) in [7, 11) is 0. The minimum atomic E-state index is -4.22. The second-order valence-corrected chi connectivity index (χ2v) is 4.40. The molecule has 1 heterocycles. The molecule has 0 aliphatic rings. The molecule has 1 aromatic rings. The Morgan fingerprint density at radius 3 is 2.71 bits per heavy atom. The van der Waals surface area contributed by atoms with E-state index in [1.165, 1.54) is 0 Å². The standard InChI is InChI=1S/C10H13F3N2OS/c1-7-2-3-9(8(6-14)15-7)16-4-5-17-10(11,12)13/h2-3H,4-6,14H2,1H3. The normalized spacial score (nSPS) is 11.6. The first-order chi connectivity index (χ1) is 7.92. The van der Waals surface area contributed by atoms with Gasteiger partial charge in [-0.15, -0.1) is 0 Å². The van der Waals surface area contributed by atoms with Gasteiger partial charge in [-0.3, -0.25) is 4.98 Å². The van der Waals surface area contributed by atoms with E-state index in [0.29, 0.717) is 11.4 Å². The molecule has 0 spiro atoms. The number of hydrogen-bond acceptors (Lipinski definition) is 4. The zero-order valence-electron chi connectivity index (χ0n) is 9.25. The lowest BCUT2D eigenvalue weighted by Gasteiger charge is -2.10. The molecule has 1 aromatic heterocycles. The van der Waals surface area contributed by atoms with E-state index in [-0.39, 0.29) is 30.7 Å². The molecule has 0 fully saturated rings. The highest BCUT2D eigenvalue weighted by atomic mass is 32.2. The number of rotatable bonds is 5. The van der Waals surface area contributed by atoms with Crippen LogP contribution in [0.25, 0.3) is 0 Å². The molecule has 17 heavy (non-hydrogen) atoms. The highest BCUT2D eigenvalue weighted by Crippen LogP contribution is 2.29. The second-order valence-electron chi connectivity index (χ2n) is 3.24. The Morgan fingerprint density at radius 2 is 2.12 bits per heavy atom. The van der Waals surface area contributed by atoms with Gasteiger partial charge in [0.15, 0.2) is 0 Å². The van der Waals surface area contributed by atoms with Crippen LogP contribution in [0.3, 0.4) is 0 Å². The van der Waals surface area contributed by atoms with Crippen molar-refractivity contribution in [2.45, 2.75) is 19.0 Å². The van der Waals surface area contributed by atoms with Gasteiger partial charge in [-0.25, -0.2) is 0 Å². The summed E-state index contributed by atoms with van der Waals surface area (Å²) >= 11 is -0.107. The van der Waals surface area contributed by atoms with Crippen molar-refractivity contribution in [3.05, 3.63) is 23.5 Å². The fourth-order valence-electron chi connectivity index (χ4n) is 1.18. The number of thioether (sulfide) groups is 1. The van der Waals surface area contributed by atoms with E-state index in [1.54, 1.807) is 12.1 Å². The number of halogens is 3. The molecule has 0 unspecified atom stereocenters. The lowest BCUT2D eigenvalue weighted by Crippen LogP contribution is -2.10. The van der Waals surface area contributed by atoms with Crippen molar-refractivity contribution < 1.29 is 17.9 Å². The number of nitrogens with zero attached hydrogens (tertiary/aromatic N) is 1. The Labute approximate surface area is 102 Å². The van der Waals surface area contributed by atoms with Crippen LogP contribution in [0.1, 0.15) is 11.4 Å². The average molecular weight is 266 g/mol. The quantitative estimate of drug-likeness (QED) is 0.832. The van der Waals surface area contributed by atoms with Crippen molar-refractivity contribution in [1.82, 2.24) is 4.98 Å². The van der Waals surface area contributed by atoms with Crippen LogP contribution in [0.15, 0.2) is 12.1 Å². The summed E-state index contributed by atoms with van der Waals surface area (Å²) in [5, 5.41) is 0. The SMILES string of the molecule is Cc1ccc(OCCSC(F)(F)F)c(CN)n1. The maximum atomic E-state index is 11.9. The summed E-state index contributed by atoms with van der Waals surface area (Å²) in [4.78, 5) is 4.14. The Kier molecular flexibility index (Phi) is 5.07. The van der Waals surface area contributed by atoms with Gasteiger partial charge in [-0.05, 0) is 30.8 Å². The molecule has 7 heteroatoms. The summed E-state index contributed by atoms with van der Waals surface area (Å²) in [6.07, 6.45) is 0. The smallest absolute Gasteiger partial charge is 0.441 e. The lowest BCUT2D eigenvalue weighted by molar-refractivity contribution is -0.0329. The molecule has 2 N–H and O–H groups in total. The molecule has 0 saturated heterocycles. The molecule has 96 valence electrons. The molecule has 0 aliphatic heterocycles. The van der Waals surface area contributed by atoms with E-state index >= 15 is 0 Å². The second kappa shape index (κ2) is 6.11. The first-order valence-corrected chi connectivity index (χ1v) is 5.91. The predicted molar refractivity (Wildman–Crippen MR) is 60.9 cm³/mol. The third-order valence-electron chi connectivity index (χ3n) is 1.87. The predicted octanol–water partition coefficient (Wildman–Crippen LogP) is 2.48. The first kappa shape index (κ1) is 14.1. The monoisotopic (exact) mass is 266 g/mol. The number of aromatic nitrogens is 1. The van der Waals surface area contributed by atoms with Crippen molar-refractivity contribution in [2.24, 2.45) is 5.73 Å². The van der Waals surface area contributed by atoms with E-state index in [9.17, 15) is 13.2 Å². The summed E-state index contributed by atoms with van der Waals surface area (Å²) in [6, 6.07) is 3.40. The number of alkyl halides is 3. The minimum absolute atomic E-state index is 0.0259. The van der Waals surface area contributed by atoms with Gasteiger partial charge in [0.2, 0.25) is 0 Å². The van der Waals surface area contributed by atoms with Gasteiger partial charge in [0.1, 0.15) is 5.75 Å². The van der Waals surface area contributed by atoms with Crippen molar-refractivity contribution in [1.29, 1.82) is 0 Å². The number of pyridine rings is 1. The first-order valence-electron chi connectivity index (χ1n) is 4.92. The number of hydrogen-bond donors (Lipinski definition) is 1. The van der Waals surface area contributed by atoms with E-state index in [1.807, 2.05) is 6.92 Å². The number of ether oxygens (including phenoxy) is 1. The maximum absolute atomic E-state index is 11.9. The van der Waals surface area contributed by atoms with Crippen LogP contribution in [-0.2, 0) is 6.54 Å². The Balaban J connectivity index is 2.46. The topological polar surface area (TPSA) is 48.1 Å². The van der Waals surface area contributed by atoms with Gasteiger partial charge in [0, 0.05) is 18.0 Å². The third-order valence-corrected chi connectivity index (χ3v) is 2.57. The molecular formula is C10H13F3N2OS. The highest BCUT2D eigenvalue weighted by molar-refractivity contribution is 8.00. The largest absolute Gasteiger partial charge is 0.491 e. The Morgan fingerprint density at radius 1 is 1.41 bits per heavy atom. The highest BCUT2D eigenvalue weighted by Gasteiger charge is 2.27. The molecular weight excluding hydrogens is 253 g/mol. The third kappa shape index (κ3) is 5.27.